The summed E-state index contributed by atoms with van der Waals surface area (Å²) in [5.41, 5.74) is 0.940. The smallest absolute Gasteiger partial charge is 0.407 e. The van der Waals surface area contributed by atoms with Gasteiger partial charge in [0.25, 0.3) is 0 Å². The van der Waals surface area contributed by atoms with Gasteiger partial charge in [-0.05, 0) is 51.1 Å². The summed E-state index contributed by atoms with van der Waals surface area (Å²) in [6, 6.07) is 8.75. The van der Waals surface area contributed by atoms with Crippen LogP contribution in [0.3, 0.4) is 0 Å². The van der Waals surface area contributed by atoms with Crippen molar-refractivity contribution >= 4 is 27.5 Å². The number of thiophene rings is 1. The Labute approximate surface area is 147 Å². The average molecular weight is 346 g/mol. The largest absolute Gasteiger partial charge is 0.444 e. The molecule has 0 unspecified atom stereocenters. The van der Waals surface area contributed by atoms with E-state index in [1.54, 1.807) is 0 Å². The molecule has 1 fully saturated rings. The zero-order valence-electron chi connectivity index (χ0n) is 14.9. The first kappa shape index (κ1) is 17.2. The minimum absolute atomic E-state index is 0.175. The molecule has 0 spiro atoms. The number of ether oxygens (including phenoxy) is 1. The number of fused-ring (bicyclic) bond motifs is 1. The highest BCUT2D eigenvalue weighted by molar-refractivity contribution is 7.19. The molecule has 1 saturated heterocycles. The molecule has 4 nitrogen and oxygen atoms in total. The second-order valence-electron chi connectivity index (χ2n) is 7.51. The molecule has 1 aromatic heterocycles. The number of nitrogens with one attached hydrogen (secondary N) is 1. The van der Waals surface area contributed by atoms with Crippen molar-refractivity contribution in [2.75, 3.05) is 13.1 Å². The van der Waals surface area contributed by atoms with Gasteiger partial charge < -0.3 is 10.1 Å². The third-order valence-electron chi connectivity index (χ3n) is 4.30. The maximum Gasteiger partial charge on any atom is 0.407 e. The number of aryl methyl sites for hydroxylation is 1. The molecule has 1 N–H and O–H groups in total. The van der Waals surface area contributed by atoms with Gasteiger partial charge in [0, 0.05) is 35.3 Å². The minimum atomic E-state index is -0.448. The van der Waals surface area contributed by atoms with Gasteiger partial charge in [-0.1, -0.05) is 18.2 Å². The van der Waals surface area contributed by atoms with E-state index >= 15 is 0 Å². The summed E-state index contributed by atoms with van der Waals surface area (Å²) < 4.78 is 6.70. The normalized spacial score (nSPS) is 18.9. The van der Waals surface area contributed by atoms with E-state index in [4.69, 9.17) is 4.74 Å². The number of carbonyl (C=O) groups is 1. The van der Waals surface area contributed by atoms with E-state index < -0.39 is 5.60 Å². The van der Waals surface area contributed by atoms with Gasteiger partial charge in [0.1, 0.15) is 5.60 Å². The van der Waals surface area contributed by atoms with Crippen LogP contribution in [0.25, 0.3) is 10.1 Å². The zero-order valence-corrected chi connectivity index (χ0v) is 15.7. The van der Waals surface area contributed by atoms with Crippen molar-refractivity contribution in [3.8, 4) is 0 Å². The molecule has 0 radical (unpaired) electrons. The first-order valence-electron chi connectivity index (χ1n) is 8.51. The van der Waals surface area contributed by atoms with Gasteiger partial charge in [0.2, 0.25) is 0 Å². The van der Waals surface area contributed by atoms with Crippen LogP contribution in [0.4, 0.5) is 4.79 Å². The molecule has 2 aromatic rings. The van der Waals surface area contributed by atoms with Gasteiger partial charge >= 0.3 is 6.09 Å². The summed E-state index contributed by atoms with van der Waals surface area (Å²) in [7, 11) is 0. The molecule has 1 amide bonds. The molecule has 130 valence electrons. The number of nitrogens with zero attached hydrogens (tertiary/aromatic N) is 1. The van der Waals surface area contributed by atoms with E-state index in [1.807, 2.05) is 32.1 Å². The molecule has 0 bridgehead atoms. The fourth-order valence-corrected chi connectivity index (χ4v) is 4.40. The first-order valence-corrected chi connectivity index (χ1v) is 9.32. The van der Waals surface area contributed by atoms with Crippen LogP contribution in [0.1, 0.15) is 37.6 Å². The number of carbonyl (C=O) groups excluding carboxylic acids is 1. The van der Waals surface area contributed by atoms with Crippen molar-refractivity contribution in [2.45, 2.75) is 52.3 Å². The molecule has 3 rings (SSSR count). The van der Waals surface area contributed by atoms with Crippen molar-refractivity contribution < 1.29 is 9.53 Å². The number of hydrogen-bond acceptors (Lipinski definition) is 4. The van der Waals surface area contributed by atoms with E-state index in [2.05, 4.69) is 41.4 Å². The Hall–Kier alpha value is -1.59. The third-order valence-corrected chi connectivity index (χ3v) is 5.56. The van der Waals surface area contributed by atoms with Gasteiger partial charge in [0.05, 0.1) is 0 Å². The van der Waals surface area contributed by atoms with Crippen LogP contribution in [0.2, 0.25) is 0 Å². The fourth-order valence-electron chi connectivity index (χ4n) is 3.15. The number of benzene rings is 1. The summed E-state index contributed by atoms with van der Waals surface area (Å²) in [6.45, 7) is 10.7. The van der Waals surface area contributed by atoms with Crippen LogP contribution >= 0.6 is 11.3 Å². The molecule has 24 heavy (non-hydrogen) atoms. The van der Waals surface area contributed by atoms with Crippen molar-refractivity contribution in [3.63, 3.8) is 0 Å². The molecule has 5 heteroatoms. The molecule has 0 aliphatic carbocycles. The maximum absolute atomic E-state index is 11.9. The standard InChI is InChI=1S/C19H26N2O2S/c1-13-15-7-5-6-8-16(15)24-17(13)12-21-10-9-14(11-21)20-18(22)23-19(2,3)4/h5-8,14H,9-12H2,1-4H3,(H,20,22)/t14-/m0/s1. The molecular weight excluding hydrogens is 320 g/mol. The lowest BCUT2D eigenvalue weighted by molar-refractivity contribution is 0.0506. The molecular formula is C19H26N2O2S. The van der Waals surface area contributed by atoms with E-state index in [0.717, 1.165) is 26.1 Å². The SMILES string of the molecule is Cc1c(CN2CC[C@H](NC(=O)OC(C)(C)C)C2)sc2ccccc12. The summed E-state index contributed by atoms with van der Waals surface area (Å²) in [5.74, 6) is 0. The van der Waals surface area contributed by atoms with Crippen LogP contribution in [0, 0.1) is 6.92 Å². The van der Waals surface area contributed by atoms with E-state index in [0.29, 0.717) is 0 Å². The van der Waals surface area contributed by atoms with Gasteiger partial charge in [-0.3, -0.25) is 4.90 Å². The van der Waals surface area contributed by atoms with Gasteiger partial charge in [-0.15, -0.1) is 11.3 Å². The Bertz CT molecular complexity index is 733. The Balaban J connectivity index is 1.58. The zero-order chi connectivity index (χ0) is 17.3. The highest BCUT2D eigenvalue weighted by Crippen LogP contribution is 2.32. The second kappa shape index (κ2) is 6.73. The minimum Gasteiger partial charge on any atom is -0.444 e. The van der Waals surface area contributed by atoms with Gasteiger partial charge in [-0.25, -0.2) is 4.79 Å². The van der Waals surface area contributed by atoms with E-state index in [1.165, 1.54) is 20.5 Å². The summed E-state index contributed by atoms with van der Waals surface area (Å²) in [4.78, 5) is 15.7. The van der Waals surface area contributed by atoms with Crippen LogP contribution in [-0.4, -0.2) is 35.7 Å². The van der Waals surface area contributed by atoms with Crippen LogP contribution in [0.15, 0.2) is 24.3 Å². The molecule has 1 aliphatic heterocycles. The second-order valence-corrected chi connectivity index (χ2v) is 8.65. The van der Waals surface area contributed by atoms with Crippen molar-refractivity contribution in [2.24, 2.45) is 0 Å². The highest BCUT2D eigenvalue weighted by atomic mass is 32.1. The van der Waals surface area contributed by atoms with Gasteiger partial charge in [-0.2, -0.15) is 0 Å². The Morgan fingerprint density at radius 1 is 1.38 bits per heavy atom. The number of hydrogen-bond donors (Lipinski definition) is 1. The number of likely N-dealkylation sites (tertiary alicyclic amines) is 1. The first-order chi connectivity index (χ1) is 11.3. The number of rotatable bonds is 3. The summed E-state index contributed by atoms with van der Waals surface area (Å²) in [5, 5.41) is 4.35. The summed E-state index contributed by atoms with van der Waals surface area (Å²) >= 11 is 1.88. The average Bonchev–Trinajstić information content (AvgIpc) is 3.03. The Kier molecular flexibility index (Phi) is 4.83. The predicted molar refractivity (Wildman–Crippen MR) is 99.6 cm³/mol. The van der Waals surface area contributed by atoms with Crippen LogP contribution < -0.4 is 5.32 Å². The lowest BCUT2D eigenvalue weighted by atomic mass is 10.1. The molecule has 2 heterocycles. The Morgan fingerprint density at radius 2 is 2.12 bits per heavy atom. The van der Waals surface area contributed by atoms with Crippen LogP contribution in [0.5, 0.6) is 0 Å². The number of amides is 1. The Morgan fingerprint density at radius 3 is 2.83 bits per heavy atom. The van der Waals surface area contributed by atoms with E-state index in [9.17, 15) is 4.79 Å². The lowest BCUT2D eigenvalue weighted by Gasteiger charge is -2.22. The monoisotopic (exact) mass is 346 g/mol. The molecule has 0 saturated carbocycles. The van der Waals surface area contributed by atoms with Crippen LogP contribution in [-0.2, 0) is 11.3 Å². The topological polar surface area (TPSA) is 41.6 Å². The summed E-state index contributed by atoms with van der Waals surface area (Å²) in [6.07, 6.45) is 0.663. The molecule has 1 atom stereocenters. The lowest BCUT2D eigenvalue weighted by Crippen LogP contribution is -2.40. The molecule has 1 aromatic carbocycles. The van der Waals surface area contributed by atoms with Gasteiger partial charge in [0.15, 0.2) is 0 Å². The highest BCUT2D eigenvalue weighted by Gasteiger charge is 2.26. The fraction of sp³-hybridized carbons (Fsp3) is 0.526. The third kappa shape index (κ3) is 4.08. The van der Waals surface area contributed by atoms with Crippen molar-refractivity contribution in [1.29, 1.82) is 0 Å². The van der Waals surface area contributed by atoms with Crippen molar-refractivity contribution in [3.05, 3.63) is 34.7 Å². The van der Waals surface area contributed by atoms with E-state index in [-0.39, 0.29) is 12.1 Å². The molecule has 1 aliphatic rings. The quantitative estimate of drug-likeness (QED) is 0.900. The number of alkyl carbamates (subject to hydrolysis) is 1. The van der Waals surface area contributed by atoms with Crippen molar-refractivity contribution in [1.82, 2.24) is 10.2 Å². The maximum atomic E-state index is 11.9. The predicted octanol–water partition coefficient (Wildman–Crippen LogP) is 4.31.